The molecular formula is C25H23ClN2O3S. The number of carbonyl (C=O) groups is 2. The minimum atomic E-state index is -0.256. The van der Waals surface area contributed by atoms with Crippen LogP contribution in [0.3, 0.4) is 0 Å². The molecule has 0 aromatic heterocycles. The number of ether oxygens (including phenoxy) is 1. The summed E-state index contributed by atoms with van der Waals surface area (Å²) in [5.41, 5.74) is 3.24. The van der Waals surface area contributed by atoms with Gasteiger partial charge in [0.2, 0.25) is 5.91 Å². The van der Waals surface area contributed by atoms with Crippen molar-refractivity contribution in [2.45, 2.75) is 11.8 Å². The van der Waals surface area contributed by atoms with E-state index in [0.717, 1.165) is 12.0 Å². The van der Waals surface area contributed by atoms with Gasteiger partial charge in [-0.3, -0.25) is 9.59 Å². The molecule has 5 nitrogen and oxygen atoms in total. The molecule has 0 bridgehead atoms. The third-order valence-corrected chi connectivity index (χ3v) is 6.81. The summed E-state index contributed by atoms with van der Waals surface area (Å²) in [5, 5.41) is 3.31. The van der Waals surface area contributed by atoms with Crippen LogP contribution >= 0.6 is 23.4 Å². The molecule has 7 heteroatoms. The van der Waals surface area contributed by atoms with Crippen LogP contribution < -0.4 is 10.1 Å². The van der Waals surface area contributed by atoms with Gasteiger partial charge in [0.1, 0.15) is 11.1 Å². The molecule has 0 spiro atoms. The van der Waals surface area contributed by atoms with Gasteiger partial charge < -0.3 is 15.0 Å². The molecule has 1 saturated heterocycles. The highest BCUT2D eigenvalue weighted by molar-refractivity contribution is 8.00. The second kappa shape index (κ2) is 10.1. The zero-order chi connectivity index (χ0) is 22.5. The van der Waals surface area contributed by atoms with E-state index in [4.69, 9.17) is 16.3 Å². The quantitative estimate of drug-likeness (QED) is 0.505. The van der Waals surface area contributed by atoms with Gasteiger partial charge in [0.25, 0.3) is 5.91 Å². The summed E-state index contributed by atoms with van der Waals surface area (Å²) in [6.45, 7) is 0.664. The molecule has 1 heterocycles. The first-order chi connectivity index (χ1) is 15.5. The highest BCUT2D eigenvalue weighted by Gasteiger charge is 2.32. The Morgan fingerprint density at radius 1 is 1.12 bits per heavy atom. The van der Waals surface area contributed by atoms with Crippen LogP contribution in [0, 0.1) is 0 Å². The number of hydrogen-bond acceptors (Lipinski definition) is 4. The van der Waals surface area contributed by atoms with Gasteiger partial charge in [-0.2, -0.15) is 0 Å². The molecule has 1 aliphatic rings. The number of benzene rings is 3. The first-order valence-electron chi connectivity index (χ1n) is 10.2. The van der Waals surface area contributed by atoms with Crippen LogP contribution in [0.4, 0.5) is 5.69 Å². The summed E-state index contributed by atoms with van der Waals surface area (Å²) in [4.78, 5) is 27.1. The summed E-state index contributed by atoms with van der Waals surface area (Å²) in [6, 6.07) is 22.6. The highest BCUT2D eigenvalue weighted by atomic mass is 35.5. The Balaban J connectivity index is 1.45. The number of carbonyl (C=O) groups excluding carboxylic acids is 2. The summed E-state index contributed by atoms with van der Waals surface area (Å²) in [5.74, 6) is 0.893. The van der Waals surface area contributed by atoms with E-state index < -0.39 is 0 Å². The number of thioether (sulfide) groups is 1. The first kappa shape index (κ1) is 22.2. The monoisotopic (exact) mass is 466 g/mol. The van der Waals surface area contributed by atoms with Crippen LogP contribution in [0.15, 0.2) is 72.8 Å². The van der Waals surface area contributed by atoms with E-state index in [1.54, 1.807) is 42.1 Å². The van der Waals surface area contributed by atoms with Gasteiger partial charge in [0, 0.05) is 17.1 Å². The fourth-order valence-corrected chi connectivity index (χ4v) is 5.03. The predicted molar refractivity (Wildman–Crippen MR) is 129 cm³/mol. The molecule has 3 aromatic rings. The third-order valence-electron chi connectivity index (χ3n) is 5.32. The number of nitrogens with one attached hydrogen (secondary N) is 1. The van der Waals surface area contributed by atoms with E-state index in [2.05, 4.69) is 17.4 Å². The van der Waals surface area contributed by atoms with Crippen LogP contribution in [0.2, 0.25) is 5.02 Å². The van der Waals surface area contributed by atoms with Crippen molar-refractivity contribution in [3.63, 3.8) is 0 Å². The molecule has 4 rings (SSSR count). The van der Waals surface area contributed by atoms with E-state index in [0.29, 0.717) is 34.3 Å². The minimum absolute atomic E-state index is 0.0450. The Morgan fingerprint density at radius 2 is 1.88 bits per heavy atom. The largest absolute Gasteiger partial charge is 0.495 e. The number of nitrogens with zero attached hydrogens (tertiary/aromatic N) is 1. The Labute approximate surface area is 196 Å². The molecule has 0 aliphatic carbocycles. The molecule has 1 aliphatic heterocycles. The van der Waals surface area contributed by atoms with Crippen molar-refractivity contribution < 1.29 is 14.3 Å². The van der Waals surface area contributed by atoms with E-state index in [1.165, 1.54) is 12.7 Å². The van der Waals surface area contributed by atoms with Crippen LogP contribution in [0.1, 0.15) is 26.9 Å². The van der Waals surface area contributed by atoms with E-state index in [1.807, 2.05) is 35.2 Å². The van der Waals surface area contributed by atoms with E-state index in [-0.39, 0.29) is 17.2 Å². The molecule has 0 unspecified atom stereocenters. The van der Waals surface area contributed by atoms with Crippen molar-refractivity contribution in [1.29, 1.82) is 0 Å². The fourth-order valence-electron chi connectivity index (χ4n) is 3.64. The van der Waals surface area contributed by atoms with Gasteiger partial charge in [-0.15, -0.1) is 11.8 Å². The zero-order valence-electron chi connectivity index (χ0n) is 17.6. The Hall–Kier alpha value is -2.96. The average Bonchev–Trinajstić information content (AvgIpc) is 3.19. The minimum Gasteiger partial charge on any atom is -0.495 e. The number of halogens is 1. The first-order valence-corrected chi connectivity index (χ1v) is 11.7. The predicted octanol–water partition coefficient (Wildman–Crippen LogP) is 5.42. The zero-order valence-corrected chi connectivity index (χ0v) is 19.2. The van der Waals surface area contributed by atoms with Gasteiger partial charge in [-0.1, -0.05) is 54.1 Å². The maximum absolute atomic E-state index is 12.7. The number of rotatable bonds is 7. The lowest BCUT2D eigenvalue weighted by molar-refractivity contribution is -0.128. The van der Waals surface area contributed by atoms with Gasteiger partial charge in [0.05, 0.1) is 18.6 Å². The second-order valence-electron chi connectivity index (χ2n) is 7.41. The molecule has 1 fully saturated rings. The fraction of sp³-hybridized carbons (Fsp3) is 0.200. The smallest absolute Gasteiger partial charge is 0.255 e. The number of hydrogen-bond donors (Lipinski definition) is 1. The number of anilines is 1. The van der Waals surface area contributed by atoms with Crippen molar-refractivity contribution >= 4 is 40.9 Å². The number of amides is 2. The highest BCUT2D eigenvalue weighted by Crippen LogP contribution is 2.38. The summed E-state index contributed by atoms with van der Waals surface area (Å²) in [7, 11) is 1.54. The SMILES string of the molecule is COc1ccc(Cl)cc1NC(=O)c1ccc([C@H]2SCC(=O)N2CCc2ccccc2)cc1. The summed E-state index contributed by atoms with van der Waals surface area (Å²) in [6.07, 6.45) is 0.811. The van der Waals surface area contributed by atoms with Crippen LogP contribution in [-0.4, -0.2) is 36.1 Å². The summed E-state index contributed by atoms with van der Waals surface area (Å²) < 4.78 is 5.29. The molecule has 0 saturated carbocycles. The Morgan fingerprint density at radius 3 is 2.59 bits per heavy atom. The van der Waals surface area contributed by atoms with E-state index >= 15 is 0 Å². The molecule has 164 valence electrons. The lowest BCUT2D eigenvalue weighted by Gasteiger charge is -2.24. The molecule has 0 radical (unpaired) electrons. The Bertz CT molecular complexity index is 1110. The molecule has 3 aromatic carbocycles. The lowest BCUT2D eigenvalue weighted by Crippen LogP contribution is -2.30. The lowest BCUT2D eigenvalue weighted by atomic mass is 10.1. The normalized spacial score (nSPS) is 15.6. The molecule has 1 atom stereocenters. The molecule has 32 heavy (non-hydrogen) atoms. The van der Waals surface area contributed by atoms with Crippen molar-refractivity contribution in [3.8, 4) is 5.75 Å². The van der Waals surface area contributed by atoms with Crippen molar-refractivity contribution in [1.82, 2.24) is 4.90 Å². The van der Waals surface area contributed by atoms with Crippen LogP contribution in [-0.2, 0) is 11.2 Å². The summed E-state index contributed by atoms with van der Waals surface area (Å²) >= 11 is 7.66. The topological polar surface area (TPSA) is 58.6 Å². The van der Waals surface area contributed by atoms with Crippen LogP contribution in [0.5, 0.6) is 5.75 Å². The molecular weight excluding hydrogens is 444 g/mol. The van der Waals surface area contributed by atoms with E-state index in [9.17, 15) is 9.59 Å². The molecule has 1 N–H and O–H groups in total. The maximum atomic E-state index is 12.7. The van der Waals surface area contributed by atoms with Gasteiger partial charge in [-0.05, 0) is 47.9 Å². The van der Waals surface area contributed by atoms with Crippen molar-refractivity contribution in [3.05, 3.63) is 94.5 Å². The second-order valence-corrected chi connectivity index (χ2v) is 8.91. The van der Waals surface area contributed by atoms with Crippen LogP contribution in [0.25, 0.3) is 0 Å². The number of methoxy groups -OCH3 is 1. The third kappa shape index (κ3) is 5.09. The van der Waals surface area contributed by atoms with Gasteiger partial charge in [0.15, 0.2) is 0 Å². The van der Waals surface area contributed by atoms with Crippen molar-refractivity contribution in [2.24, 2.45) is 0 Å². The standard InChI is InChI=1S/C25H23ClN2O3S/c1-31-22-12-11-20(26)15-21(22)27-24(30)18-7-9-19(10-8-18)25-28(23(29)16-32-25)14-13-17-5-3-2-4-6-17/h2-12,15,25H,13-14,16H2,1H3,(H,27,30)/t25-/m1/s1. The van der Waals surface area contributed by atoms with Gasteiger partial charge in [-0.25, -0.2) is 0 Å². The Kier molecular flexibility index (Phi) is 7.02. The molecule has 2 amide bonds. The van der Waals surface area contributed by atoms with Gasteiger partial charge >= 0.3 is 0 Å². The maximum Gasteiger partial charge on any atom is 0.255 e. The average molecular weight is 467 g/mol. The van der Waals surface area contributed by atoms with Crippen molar-refractivity contribution in [2.75, 3.05) is 24.7 Å².